The van der Waals surface area contributed by atoms with Gasteiger partial charge in [0.2, 0.25) is 5.91 Å². The van der Waals surface area contributed by atoms with E-state index in [1.807, 2.05) is 5.32 Å². The van der Waals surface area contributed by atoms with Crippen LogP contribution in [-0.4, -0.2) is 28.9 Å². The molecule has 0 bridgehead atoms. The third-order valence-corrected chi connectivity index (χ3v) is 2.13. The zero-order chi connectivity index (χ0) is 14.6. The minimum Gasteiger partial charge on any atom is -0.480 e. The van der Waals surface area contributed by atoms with Gasteiger partial charge in [0.15, 0.2) is 0 Å². The average Bonchev–Trinajstić information content (AvgIpc) is 2.25. The lowest BCUT2D eigenvalue weighted by atomic mass is 10.1. The van der Waals surface area contributed by atoms with Crippen LogP contribution in [0.25, 0.3) is 0 Å². The molecule has 2 amide bonds. The van der Waals surface area contributed by atoms with E-state index in [4.69, 9.17) is 10.8 Å². The highest BCUT2D eigenvalue weighted by molar-refractivity contribution is 5.97. The third-order valence-electron chi connectivity index (χ3n) is 2.13. The normalized spacial score (nSPS) is 11.7. The molecule has 0 fully saturated rings. The maximum atomic E-state index is 12.9. The molecular weight excluding hydrogens is 262 g/mol. The smallest absolute Gasteiger partial charge is 0.326 e. The fourth-order valence-electron chi connectivity index (χ4n) is 1.33. The number of halogens is 2. The third kappa shape index (κ3) is 4.34. The molecule has 0 saturated heterocycles. The highest BCUT2D eigenvalue weighted by Crippen LogP contribution is 2.08. The summed E-state index contributed by atoms with van der Waals surface area (Å²) in [4.78, 5) is 33.0. The monoisotopic (exact) mass is 272 g/mol. The number of aliphatic carboxylic acids is 1. The number of carboxylic acid groups (broad SMARTS) is 1. The van der Waals surface area contributed by atoms with Gasteiger partial charge < -0.3 is 16.2 Å². The van der Waals surface area contributed by atoms with Crippen LogP contribution in [0.1, 0.15) is 16.8 Å². The van der Waals surface area contributed by atoms with Gasteiger partial charge in [-0.25, -0.2) is 13.6 Å². The minimum atomic E-state index is -1.56. The lowest BCUT2D eigenvalue weighted by Gasteiger charge is -2.12. The Hall–Kier alpha value is -2.51. The zero-order valence-electron chi connectivity index (χ0n) is 9.52. The van der Waals surface area contributed by atoms with E-state index in [9.17, 15) is 23.2 Å². The highest BCUT2D eigenvalue weighted by atomic mass is 19.1. The van der Waals surface area contributed by atoms with Crippen LogP contribution in [-0.2, 0) is 9.59 Å². The Bertz CT molecular complexity index is 513. The molecule has 8 heteroatoms. The van der Waals surface area contributed by atoms with Crippen LogP contribution in [0.3, 0.4) is 0 Å². The molecule has 0 aliphatic heterocycles. The van der Waals surface area contributed by atoms with Gasteiger partial charge in [-0.1, -0.05) is 0 Å². The Morgan fingerprint density at radius 2 is 1.74 bits per heavy atom. The van der Waals surface area contributed by atoms with E-state index < -0.39 is 47.4 Å². The number of carboxylic acids is 1. The number of amides is 2. The van der Waals surface area contributed by atoms with Crippen molar-refractivity contribution in [2.75, 3.05) is 0 Å². The van der Waals surface area contributed by atoms with Crippen molar-refractivity contribution in [3.8, 4) is 0 Å². The molecule has 0 heterocycles. The van der Waals surface area contributed by atoms with Crippen molar-refractivity contribution >= 4 is 17.8 Å². The van der Waals surface area contributed by atoms with Crippen molar-refractivity contribution in [1.29, 1.82) is 0 Å². The molecule has 0 saturated carbocycles. The van der Waals surface area contributed by atoms with Crippen molar-refractivity contribution in [2.45, 2.75) is 12.5 Å². The summed E-state index contributed by atoms with van der Waals surface area (Å²) in [5.41, 5.74) is 4.43. The maximum absolute atomic E-state index is 12.9. The summed E-state index contributed by atoms with van der Waals surface area (Å²) in [7, 11) is 0. The summed E-state index contributed by atoms with van der Waals surface area (Å²) >= 11 is 0. The predicted octanol–water partition coefficient (Wildman–Crippen LogP) is 0.0232. The van der Waals surface area contributed by atoms with Crippen LogP contribution in [0.2, 0.25) is 0 Å². The van der Waals surface area contributed by atoms with E-state index in [0.29, 0.717) is 6.07 Å². The maximum Gasteiger partial charge on any atom is 0.326 e. The topological polar surface area (TPSA) is 109 Å². The number of hydrogen-bond acceptors (Lipinski definition) is 3. The van der Waals surface area contributed by atoms with Gasteiger partial charge in [0.25, 0.3) is 5.91 Å². The Kier molecular flexibility index (Phi) is 4.51. The number of nitrogens with one attached hydrogen (secondary N) is 1. The number of carbonyl (C=O) groups excluding carboxylic acids is 2. The summed E-state index contributed by atoms with van der Waals surface area (Å²) in [6.07, 6.45) is -0.626. The molecule has 1 rings (SSSR count). The first kappa shape index (κ1) is 14.6. The van der Waals surface area contributed by atoms with Gasteiger partial charge in [0, 0.05) is 11.6 Å². The van der Waals surface area contributed by atoms with Gasteiger partial charge in [-0.3, -0.25) is 9.59 Å². The second-order valence-corrected chi connectivity index (χ2v) is 3.69. The van der Waals surface area contributed by atoms with Crippen LogP contribution in [0, 0.1) is 11.6 Å². The molecule has 1 aromatic carbocycles. The molecule has 0 spiro atoms. The molecule has 0 aliphatic rings. The number of rotatable bonds is 5. The van der Waals surface area contributed by atoms with Crippen LogP contribution in [0.4, 0.5) is 8.78 Å². The molecule has 6 nitrogen and oxygen atoms in total. The van der Waals surface area contributed by atoms with E-state index in [0.717, 1.165) is 12.1 Å². The second kappa shape index (κ2) is 5.89. The first-order chi connectivity index (χ1) is 8.79. The Balaban J connectivity index is 2.87. The molecule has 0 aliphatic carbocycles. The first-order valence-electron chi connectivity index (χ1n) is 5.07. The highest BCUT2D eigenvalue weighted by Gasteiger charge is 2.23. The Labute approximate surface area is 106 Å². The largest absolute Gasteiger partial charge is 0.480 e. The molecule has 0 radical (unpaired) electrons. The molecular formula is C11H10F2N2O4. The lowest BCUT2D eigenvalue weighted by molar-refractivity contribution is -0.140. The van der Waals surface area contributed by atoms with E-state index in [1.165, 1.54) is 0 Å². The van der Waals surface area contributed by atoms with Gasteiger partial charge in [0.1, 0.15) is 17.7 Å². The summed E-state index contributed by atoms with van der Waals surface area (Å²) in [5.74, 6) is -5.40. The van der Waals surface area contributed by atoms with Gasteiger partial charge in [-0.05, 0) is 12.1 Å². The molecule has 0 unspecified atom stereocenters. The lowest BCUT2D eigenvalue weighted by Crippen LogP contribution is -2.43. The van der Waals surface area contributed by atoms with Gasteiger partial charge in [-0.15, -0.1) is 0 Å². The standard InChI is InChI=1S/C11H10F2N2O4/c12-6-1-5(2-7(13)3-6)10(17)15-8(11(18)19)4-9(14)16/h1-3,8H,4H2,(H2,14,16)(H,15,17)(H,18,19)/t8-/m1/s1. The summed E-state index contributed by atoms with van der Waals surface area (Å²) in [5, 5.41) is 10.7. The number of carbonyl (C=O) groups is 3. The molecule has 0 aromatic heterocycles. The fourth-order valence-corrected chi connectivity index (χ4v) is 1.33. The Morgan fingerprint density at radius 3 is 2.16 bits per heavy atom. The molecule has 19 heavy (non-hydrogen) atoms. The Morgan fingerprint density at radius 1 is 1.21 bits per heavy atom. The van der Waals surface area contributed by atoms with Crippen LogP contribution in [0.5, 0.6) is 0 Å². The molecule has 1 atom stereocenters. The summed E-state index contributed by atoms with van der Waals surface area (Å²) in [6.45, 7) is 0. The molecule has 4 N–H and O–H groups in total. The van der Waals surface area contributed by atoms with E-state index in [2.05, 4.69) is 0 Å². The van der Waals surface area contributed by atoms with Crippen LogP contribution < -0.4 is 11.1 Å². The second-order valence-electron chi connectivity index (χ2n) is 3.69. The zero-order valence-corrected chi connectivity index (χ0v) is 9.52. The fraction of sp³-hybridized carbons (Fsp3) is 0.182. The number of primary amides is 1. The van der Waals surface area contributed by atoms with E-state index in [-0.39, 0.29) is 0 Å². The van der Waals surface area contributed by atoms with Gasteiger partial charge in [0.05, 0.1) is 6.42 Å². The number of nitrogens with two attached hydrogens (primary N) is 1. The molecule has 1 aromatic rings. The van der Waals surface area contributed by atoms with Gasteiger partial charge in [-0.2, -0.15) is 0 Å². The van der Waals surface area contributed by atoms with Crippen molar-refractivity contribution in [3.63, 3.8) is 0 Å². The minimum absolute atomic E-state index is 0.395. The number of benzene rings is 1. The van der Waals surface area contributed by atoms with E-state index >= 15 is 0 Å². The van der Waals surface area contributed by atoms with Gasteiger partial charge >= 0.3 is 5.97 Å². The average molecular weight is 272 g/mol. The predicted molar refractivity (Wildman–Crippen MR) is 59.1 cm³/mol. The van der Waals surface area contributed by atoms with E-state index in [1.54, 1.807) is 0 Å². The number of hydrogen-bond donors (Lipinski definition) is 3. The van der Waals surface area contributed by atoms with Crippen molar-refractivity contribution < 1.29 is 28.3 Å². The van der Waals surface area contributed by atoms with Crippen molar-refractivity contribution in [3.05, 3.63) is 35.4 Å². The molecule has 102 valence electrons. The van der Waals surface area contributed by atoms with Crippen LogP contribution >= 0.6 is 0 Å². The van der Waals surface area contributed by atoms with Crippen molar-refractivity contribution in [2.24, 2.45) is 5.73 Å². The quantitative estimate of drug-likeness (QED) is 0.702. The SMILES string of the molecule is NC(=O)C[C@@H](NC(=O)c1cc(F)cc(F)c1)C(=O)O. The first-order valence-corrected chi connectivity index (χ1v) is 5.07. The van der Waals surface area contributed by atoms with Crippen molar-refractivity contribution in [1.82, 2.24) is 5.32 Å². The summed E-state index contributed by atoms with van der Waals surface area (Å²) in [6, 6.07) is 0.481. The summed E-state index contributed by atoms with van der Waals surface area (Å²) < 4.78 is 25.8. The van der Waals surface area contributed by atoms with Crippen LogP contribution in [0.15, 0.2) is 18.2 Å².